The molecule has 0 fully saturated rings. The van der Waals surface area contributed by atoms with Crippen molar-refractivity contribution in [2.45, 2.75) is 30.3 Å². The minimum atomic E-state index is -0.356. The lowest BCUT2D eigenvalue weighted by molar-refractivity contribution is -0.113. The van der Waals surface area contributed by atoms with Crippen LogP contribution in [0.4, 0.5) is 10.1 Å². The van der Waals surface area contributed by atoms with Gasteiger partial charge in [-0.15, -0.1) is 16.9 Å². The monoisotopic (exact) mass is 501 g/mol. The zero-order valence-corrected chi connectivity index (χ0v) is 20.6. The van der Waals surface area contributed by atoms with Gasteiger partial charge in [-0.2, -0.15) is 4.98 Å². The molecule has 4 rings (SSSR count). The van der Waals surface area contributed by atoms with E-state index in [4.69, 9.17) is 11.6 Å². The lowest BCUT2D eigenvalue weighted by atomic mass is 10.0. The van der Waals surface area contributed by atoms with Crippen molar-refractivity contribution >= 4 is 52.5 Å². The number of benzene rings is 2. The van der Waals surface area contributed by atoms with Crippen molar-refractivity contribution in [3.63, 3.8) is 0 Å². The number of amides is 1. The van der Waals surface area contributed by atoms with Crippen LogP contribution in [0.5, 0.6) is 0 Å². The average molecular weight is 502 g/mol. The van der Waals surface area contributed by atoms with Gasteiger partial charge < -0.3 is 5.32 Å². The van der Waals surface area contributed by atoms with Crippen molar-refractivity contribution in [1.82, 2.24) is 19.6 Å². The van der Waals surface area contributed by atoms with Crippen LogP contribution in [0, 0.1) is 19.7 Å². The molecule has 2 heterocycles. The maximum Gasteiger partial charge on any atom is 0.253 e. The first kappa shape index (κ1) is 23.5. The number of nitrogens with one attached hydrogen (secondary N) is 1. The van der Waals surface area contributed by atoms with E-state index in [0.29, 0.717) is 27.9 Å². The minimum absolute atomic E-state index is 0.146. The molecule has 1 N–H and O–H groups in total. The second-order valence-corrected chi connectivity index (χ2v) is 9.54. The summed E-state index contributed by atoms with van der Waals surface area (Å²) in [5, 5.41) is 8.21. The Balaban J connectivity index is 1.51. The summed E-state index contributed by atoms with van der Waals surface area (Å²) in [6, 6.07) is 12.3. The summed E-state index contributed by atoms with van der Waals surface area (Å²) >= 11 is 9.06. The third-order valence-electron chi connectivity index (χ3n) is 5.13. The number of rotatable bonds is 7. The van der Waals surface area contributed by atoms with Gasteiger partial charge in [-0.05, 0) is 56.0 Å². The predicted molar refractivity (Wildman–Crippen MR) is 132 cm³/mol. The molecular formula is C23H21ClFN5OS2. The van der Waals surface area contributed by atoms with Crippen LogP contribution >= 0.6 is 35.1 Å². The molecule has 0 aliphatic heterocycles. The highest BCUT2D eigenvalue weighted by Gasteiger charge is 2.17. The molecule has 2 aromatic heterocycles. The summed E-state index contributed by atoms with van der Waals surface area (Å²) in [5.41, 5.74) is 3.54. The Hall–Kier alpha value is -2.62. The molecule has 0 aliphatic rings. The normalized spacial score (nSPS) is 11.2. The maximum absolute atomic E-state index is 14.3. The van der Waals surface area contributed by atoms with Gasteiger partial charge in [-0.3, -0.25) is 4.79 Å². The Morgan fingerprint density at radius 3 is 2.70 bits per heavy atom. The Kier molecular flexibility index (Phi) is 7.21. The molecule has 0 saturated heterocycles. The van der Waals surface area contributed by atoms with E-state index < -0.39 is 0 Å². The van der Waals surface area contributed by atoms with Crippen molar-refractivity contribution in [3.05, 3.63) is 75.8 Å². The van der Waals surface area contributed by atoms with Crippen LogP contribution < -0.4 is 5.32 Å². The number of aromatic nitrogens is 4. The Morgan fingerprint density at radius 2 is 1.94 bits per heavy atom. The third-order valence-corrected chi connectivity index (χ3v) is 7.05. The van der Waals surface area contributed by atoms with E-state index in [1.807, 2.05) is 44.4 Å². The van der Waals surface area contributed by atoms with Gasteiger partial charge in [0.15, 0.2) is 0 Å². The molecule has 1 amide bonds. The van der Waals surface area contributed by atoms with Crippen molar-refractivity contribution in [2.24, 2.45) is 0 Å². The molecule has 0 radical (unpaired) electrons. The van der Waals surface area contributed by atoms with E-state index in [-0.39, 0.29) is 17.5 Å². The molecule has 2 aromatic carbocycles. The number of halogens is 2. The summed E-state index contributed by atoms with van der Waals surface area (Å²) in [5.74, 6) is 0.0953. The quantitative estimate of drug-likeness (QED) is 0.333. The highest BCUT2D eigenvalue weighted by Crippen LogP contribution is 2.26. The van der Waals surface area contributed by atoms with Crippen LogP contribution in [0.1, 0.15) is 22.5 Å². The first-order valence-corrected chi connectivity index (χ1v) is 12.7. The fourth-order valence-electron chi connectivity index (χ4n) is 3.41. The summed E-state index contributed by atoms with van der Waals surface area (Å²) in [7, 11) is 0. The van der Waals surface area contributed by atoms with Gasteiger partial charge in [-0.25, -0.2) is 13.9 Å². The molecule has 0 saturated carbocycles. The van der Waals surface area contributed by atoms with Gasteiger partial charge in [0.2, 0.25) is 11.1 Å². The van der Waals surface area contributed by atoms with Crippen molar-refractivity contribution < 1.29 is 9.18 Å². The van der Waals surface area contributed by atoms with E-state index in [2.05, 4.69) is 20.4 Å². The topological polar surface area (TPSA) is 72.2 Å². The van der Waals surface area contributed by atoms with Crippen LogP contribution in [-0.2, 0) is 11.2 Å². The van der Waals surface area contributed by atoms with E-state index in [1.54, 1.807) is 28.4 Å². The molecule has 4 aromatic rings. The molecule has 10 heteroatoms. The number of carbonyl (C=O) groups is 1. The second kappa shape index (κ2) is 10.1. The van der Waals surface area contributed by atoms with E-state index >= 15 is 0 Å². The number of fused-ring (bicyclic) bond motifs is 1. The van der Waals surface area contributed by atoms with Crippen molar-refractivity contribution in [2.75, 3.05) is 17.3 Å². The third kappa shape index (κ3) is 5.31. The standard InChI is InChI=1S/C23H21ClFN5OS2/c1-13-17(11-18-19(24)8-5-9-20(18)25)14(2)30-22(26-13)28-23(29-30)33-12-21(31)27-15-6-4-7-16(10-15)32-3/h4-10H,11-12H2,1-3H3,(H,27,31). The van der Waals surface area contributed by atoms with Gasteiger partial charge in [-0.1, -0.05) is 35.5 Å². The van der Waals surface area contributed by atoms with Crippen LogP contribution in [0.25, 0.3) is 5.78 Å². The SMILES string of the molecule is CSc1cccc(NC(=O)CSc2nc3nc(C)c(Cc4c(F)cccc4Cl)c(C)n3n2)c1. The van der Waals surface area contributed by atoms with Crippen LogP contribution in [0.15, 0.2) is 52.5 Å². The summed E-state index contributed by atoms with van der Waals surface area (Å²) in [6.07, 6.45) is 2.28. The largest absolute Gasteiger partial charge is 0.325 e. The molecule has 0 unspecified atom stereocenters. The zero-order valence-electron chi connectivity index (χ0n) is 18.2. The number of thioether (sulfide) groups is 2. The molecule has 6 nitrogen and oxygen atoms in total. The molecular weight excluding hydrogens is 481 g/mol. The van der Waals surface area contributed by atoms with Crippen LogP contribution in [0.3, 0.4) is 0 Å². The number of hydrogen-bond donors (Lipinski definition) is 1. The van der Waals surface area contributed by atoms with E-state index in [9.17, 15) is 9.18 Å². The number of nitrogens with zero attached hydrogens (tertiary/aromatic N) is 4. The second-order valence-electron chi connectivity index (χ2n) is 7.31. The average Bonchev–Trinajstić information content (AvgIpc) is 3.20. The van der Waals surface area contributed by atoms with Crippen LogP contribution in [0.2, 0.25) is 5.02 Å². The maximum atomic E-state index is 14.3. The summed E-state index contributed by atoms with van der Waals surface area (Å²) in [4.78, 5) is 22.4. The molecule has 0 bridgehead atoms. The number of aryl methyl sites for hydroxylation is 2. The number of anilines is 1. The first-order valence-electron chi connectivity index (χ1n) is 10.1. The molecule has 0 spiro atoms. The zero-order chi connectivity index (χ0) is 23.5. The smallest absolute Gasteiger partial charge is 0.253 e. The van der Waals surface area contributed by atoms with E-state index in [1.165, 1.54) is 17.8 Å². The van der Waals surface area contributed by atoms with Gasteiger partial charge in [0.05, 0.1) is 5.75 Å². The minimum Gasteiger partial charge on any atom is -0.325 e. The summed E-state index contributed by atoms with van der Waals surface area (Å²) in [6.45, 7) is 3.75. The van der Waals surface area contributed by atoms with Gasteiger partial charge in [0, 0.05) is 39.0 Å². The lowest BCUT2D eigenvalue weighted by Crippen LogP contribution is -2.14. The molecule has 0 atom stereocenters. The molecule has 0 aliphatic carbocycles. The van der Waals surface area contributed by atoms with Crippen LogP contribution in [-0.4, -0.2) is 37.5 Å². The van der Waals surface area contributed by atoms with Crippen molar-refractivity contribution in [3.8, 4) is 0 Å². The first-order chi connectivity index (χ1) is 15.9. The molecule has 170 valence electrons. The lowest BCUT2D eigenvalue weighted by Gasteiger charge is -2.12. The molecule has 33 heavy (non-hydrogen) atoms. The Bertz CT molecular complexity index is 1320. The Labute approximate surface area is 204 Å². The van der Waals surface area contributed by atoms with Crippen molar-refractivity contribution in [1.29, 1.82) is 0 Å². The van der Waals surface area contributed by atoms with Gasteiger partial charge in [0.25, 0.3) is 5.78 Å². The highest BCUT2D eigenvalue weighted by molar-refractivity contribution is 7.99. The Morgan fingerprint density at radius 1 is 1.15 bits per heavy atom. The predicted octanol–water partition coefficient (Wildman–Crippen LogP) is 5.58. The van der Waals surface area contributed by atoms with Gasteiger partial charge >= 0.3 is 0 Å². The fourth-order valence-corrected chi connectivity index (χ4v) is 4.72. The number of carbonyl (C=O) groups excluding carboxylic acids is 1. The number of hydrogen-bond acceptors (Lipinski definition) is 6. The summed E-state index contributed by atoms with van der Waals surface area (Å²) < 4.78 is 15.9. The van der Waals surface area contributed by atoms with Gasteiger partial charge in [0.1, 0.15) is 5.82 Å². The van der Waals surface area contributed by atoms with E-state index in [0.717, 1.165) is 27.5 Å². The fraction of sp³-hybridized carbons (Fsp3) is 0.217. The highest BCUT2D eigenvalue weighted by atomic mass is 35.5.